The third kappa shape index (κ3) is 4.23. The van der Waals surface area contributed by atoms with Crippen molar-refractivity contribution in [3.8, 4) is 0 Å². The highest BCUT2D eigenvalue weighted by atomic mass is 16.5. The van der Waals surface area contributed by atoms with Gasteiger partial charge in [0.15, 0.2) is 5.65 Å². The number of methoxy groups -OCH3 is 1. The third-order valence-corrected chi connectivity index (χ3v) is 3.53. The first kappa shape index (κ1) is 19.4. The molecule has 0 fully saturated rings. The summed E-state index contributed by atoms with van der Waals surface area (Å²) in [6, 6.07) is 0. The first-order chi connectivity index (χ1) is 11.2. The summed E-state index contributed by atoms with van der Waals surface area (Å²) in [5.41, 5.74) is 0.796. The minimum Gasteiger partial charge on any atom is -0.508 e. The molecule has 0 aliphatic carbocycles. The number of rotatable bonds is 4. The Labute approximate surface area is 139 Å². The maximum Gasteiger partial charge on any atom is 0.332 e. The van der Waals surface area contributed by atoms with E-state index >= 15 is 0 Å². The van der Waals surface area contributed by atoms with Gasteiger partial charge in [0.2, 0.25) is 0 Å². The van der Waals surface area contributed by atoms with Crippen LogP contribution in [-0.4, -0.2) is 37.4 Å². The minimum absolute atomic E-state index is 0.0956. The van der Waals surface area contributed by atoms with Gasteiger partial charge in [0.1, 0.15) is 11.3 Å². The molecule has 2 N–H and O–H groups in total. The minimum atomic E-state index is -0.371. The van der Waals surface area contributed by atoms with E-state index in [4.69, 9.17) is 9.84 Å². The van der Waals surface area contributed by atoms with Gasteiger partial charge in [-0.1, -0.05) is 18.8 Å². The number of hydrogen-bond donors (Lipinski definition) is 2. The fourth-order valence-corrected chi connectivity index (χ4v) is 2.00. The molecule has 0 saturated carbocycles. The average molecular weight is 335 g/mol. The predicted octanol–water partition coefficient (Wildman–Crippen LogP) is 1.20. The van der Waals surface area contributed by atoms with Crippen molar-refractivity contribution < 1.29 is 9.84 Å². The normalized spacial score (nSPS) is 12.6. The molecule has 0 amide bonds. The Morgan fingerprint density at radius 2 is 2.12 bits per heavy atom. The maximum absolute atomic E-state index is 11.4. The molecule has 2 aromatic heterocycles. The lowest BCUT2D eigenvalue weighted by molar-refractivity contribution is 0.138. The van der Waals surface area contributed by atoms with Gasteiger partial charge in [0.05, 0.1) is 6.33 Å². The summed E-state index contributed by atoms with van der Waals surface area (Å²) >= 11 is 0. The molecule has 0 radical (unpaired) electrons. The molecular weight excluding hydrogens is 312 g/mol. The molecule has 0 aliphatic heterocycles. The number of H-pyrrole nitrogens is 1. The van der Waals surface area contributed by atoms with Crippen LogP contribution in [0.2, 0.25) is 0 Å². The van der Waals surface area contributed by atoms with E-state index in [0.29, 0.717) is 17.6 Å². The zero-order chi connectivity index (χ0) is 18.4. The highest BCUT2D eigenvalue weighted by molar-refractivity contribution is 5.68. The van der Waals surface area contributed by atoms with E-state index < -0.39 is 0 Å². The summed E-state index contributed by atoms with van der Waals surface area (Å²) in [6.07, 6.45) is 3.68. The molecule has 0 unspecified atom stereocenters. The first-order valence-corrected chi connectivity index (χ1v) is 7.22. The molecule has 0 aliphatic rings. The molecule has 8 nitrogen and oxygen atoms in total. The monoisotopic (exact) mass is 335 g/mol. The van der Waals surface area contributed by atoms with Crippen molar-refractivity contribution in [1.82, 2.24) is 19.1 Å². The zero-order valence-corrected chi connectivity index (χ0v) is 14.4. The van der Waals surface area contributed by atoms with Crippen LogP contribution >= 0.6 is 0 Å². The molecule has 2 aromatic rings. The summed E-state index contributed by atoms with van der Waals surface area (Å²) in [7, 11) is 4.60. The Morgan fingerprint density at radius 3 is 2.62 bits per heavy atom. The zero-order valence-electron chi connectivity index (χ0n) is 14.4. The molecule has 8 heteroatoms. The number of nitrogens with zero attached hydrogens (tertiary/aromatic N) is 3. The number of imidazole rings is 1. The lowest BCUT2D eigenvalue weighted by Crippen LogP contribution is -2.36. The smallest absolute Gasteiger partial charge is 0.332 e. The van der Waals surface area contributed by atoms with E-state index in [1.165, 1.54) is 17.9 Å². The van der Waals surface area contributed by atoms with Gasteiger partial charge < -0.3 is 21.8 Å². The van der Waals surface area contributed by atoms with E-state index in [0.717, 1.165) is 10.1 Å². The molecule has 0 spiro atoms. The largest absolute Gasteiger partial charge is 0.508 e. The molecule has 0 saturated heterocycles. The summed E-state index contributed by atoms with van der Waals surface area (Å²) in [5, 5.41) is 9.01. The van der Waals surface area contributed by atoms with Gasteiger partial charge in [-0.25, -0.2) is 9.78 Å². The van der Waals surface area contributed by atoms with Gasteiger partial charge >= 0.3 is 5.69 Å². The summed E-state index contributed by atoms with van der Waals surface area (Å²) in [6.45, 7) is 8.98. The number of aliphatic hydroxyl groups excluding tert-OH is 1. The molecule has 24 heavy (non-hydrogen) atoms. The van der Waals surface area contributed by atoms with Crippen molar-refractivity contribution >= 4 is 11.2 Å². The maximum atomic E-state index is 11.4. The molecule has 1 atom stereocenters. The number of aliphatic hydroxyl groups is 1. The van der Waals surface area contributed by atoms with Crippen LogP contribution in [0.4, 0.5) is 0 Å². The fourth-order valence-electron chi connectivity index (χ4n) is 2.00. The second-order valence-corrected chi connectivity index (χ2v) is 5.13. The molecule has 2 heterocycles. The van der Waals surface area contributed by atoms with Crippen molar-refractivity contribution in [2.45, 2.75) is 19.4 Å². The van der Waals surface area contributed by atoms with Crippen LogP contribution < -0.4 is 11.2 Å². The topological polar surface area (TPSA) is 102 Å². The van der Waals surface area contributed by atoms with Crippen LogP contribution in [0.3, 0.4) is 0 Å². The second-order valence-electron chi connectivity index (χ2n) is 5.13. The SMILES string of the molecule is C=C(O)C(=CC)C[C@@H]([CH2-])OC.Cn1c(=O)c2[nH]cnc2n(C)c1=O. The molecule has 2 rings (SSSR count). The van der Waals surface area contributed by atoms with Crippen molar-refractivity contribution in [1.29, 1.82) is 0 Å². The number of allylic oxidation sites excluding steroid dienone is 2. The number of nitrogens with one attached hydrogen (secondary N) is 1. The summed E-state index contributed by atoms with van der Waals surface area (Å²) in [5.74, 6) is 0.0956. The lowest BCUT2D eigenvalue weighted by Gasteiger charge is -2.16. The Morgan fingerprint density at radius 1 is 1.50 bits per heavy atom. The molecule has 0 bridgehead atoms. The Hall–Kier alpha value is -2.61. The molecule has 132 valence electrons. The van der Waals surface area contributed by atoms with Crippen LogP contribution in [0.1, 0.15) is 13.3 Å². The molecule has 0 aromatic carbocycles. The van der Waals surface area contributed by atoms with E-state index in [9.17, 15) is 9.59 Å². The van der Waals surface area contributed by atoms with Gasteiger partial charge in [-0.2, -0.15) is 0 Å². The second kappa shape index (κ2) is 8.30. The standard InChI is InChI=1S/C9H15O2.C7H8N4O2/c1-5-9(8(3)10)6-7(2)11-4;1-10-5-4(8-3-9-5)6(12)11(2)7(10)13/h5,7,10H,2-3,6H2,1,4H3;3H,1-2H3,(H,8,9)/q-1;/t7-;/m1./s1. The van der Waals surface area contributed by atoms with Crippen molar-refractivity contribution in [3.05, 3.63) is 58.1 Å². The van der Waals surface area contributed by atoms with Crippen molar-refractivity contribution in [2.24, 2.45) is 14.1 Å². The van der Waals surface area contributed by atoms with Gasteiger partial charge in [-0.3, -0.25) is 13.9 Å². The van der Waals surface area contributed by atoms with Crippen molar-refractivity contribution in [2.75, 3.05) is 7.11 Å². The Kier molecular flexibility index (Phi) is 6.72. The summed E-state index contributed by atoms with van der Waals surface area (Å²) in [4.78, 5) is 29.4. The van der Waals surface area contributed by atoms with Crippen LogP contribution in [0.25, 0.3) is 11.2 Å². The van der Waals surface area contributed by atoms with Crippen LogP contribution in [0.15, 0.2) is 39.9 Å². The Balaban J connectivity index is 0.000000245. The number of fused-ring (bicyclic) bond motifs is 1. The third-order valence-electron chi connectivity index (χ3n) is 3.53. The fraction of sp³-hybridized carbons (Fsp3) is 0.375. The Bertz CT molecular complexity index is 857. The van der Waals surface area contributed by atoms with E-state index in [2.05, 4.69) is 23.5 Å². The van der Waals surface area contributed by atoms with Crippen molar-refractivity contribution in [3.63, 3.8) is 0 Å². The number of aryl methyl sites for hydroxylation is 1. The number of aromatic nitrogens is 4. The first-order valence-electron chi connectivity index (χ1n) is 7.22. The quantitative estimate of drug-likeness (QED) is 0.497. The lowest BCUT2D eigenvalue weighted by atomic mass is 10.1. The highest BCUT2D eigenvalue weighted by Gasteiger charge is 2.08. The molecular formula is C16H23N4O4-. The van der Waals surface area contributed by atoms with Gasteiger partial charge in [0.25, 0.3) is 5.56 Å². The van der Waals surface area contributed by atoms with E-state index in [1.54, 1.807) is 20.2 Å². The van der Waals surface area contributed by atoms with Gasteiger partial charge in [0, 0.05) is 21.2 Å². The van der Waals surface area contributed by atoms with Gasteiger partial charge in [-0.15, -0.1) is 0 Å². The van der Waals surface area contributed by atoms with E-state index in [-0.39, 0.29) is 23.1 Å². The van der Waals surface area contributed by atoms with Crippen LogP contribution in [-0.2, 0) is 18.8 Å². The average Bonchev–Trinajstić information content (AvgIpc) is 3.05. The van der Waals surface area contributed by atoms with Crippen LogP contribution in [0, 0.1) is 6.92 Å². The van der Waals surface area contributed by atoms with E-state index in [1.807, 2.05) is 6.92 Å². The number of aromatic amines is 1. The van der Waals surface area contributed by atoms with Gasteiger partial charge in [-0.05, 0) is 18.9 Å². The number of hydrogen-bond acceptors (Lipinski definition) is 5. The highest BCUT2D eigenvalue weighted by Crippen LogP contribution is 2.12. The predicted molar refractivity (Wildman–Crippen MR) is 92.9 cm³/mol. The van der Waals surface area contributed by atoms with Crippen LogP contribution in [0.5, 0.6) is 0 Å². The summed E-state index contributed by atoms with van der Waals surface area (Å²) < 4.78 is 7.30. The number of ether oxygens (including phenoxy) is 1.